The number of hydrogen-bond donors (Lipinski definition) is 0. The van der Waals surface area contributed by atoms with Crippen LogP contribution in [0.15, 0.2) is 0 Å². The second kappa shape index (κ2) is 60.3. The van der Waals surface area contributed by atoms with Gasteiger partial charge in [-0.2, -0.15) is 0 Å². The van der Waals surface area contributed by atoms with Gasteiger partial charge in [-0.1, -0.05) is 342 Å². The molecule has 0 aromatic heterocycles. The van der Waals surface area contributed by atoms with E-state index in [4.69, 9.17) is 14.2 Å². The van der Waals surface area contributed by atoms with Crippen molar-refractivity contribution in [1.82, 2.24) is 0 Å². The highest BCUT2D eigenvalue weighted by Gasteiger charge is 2.19. The van der Waals surface area contributed by atoms with Gasteiger partial charge in [0.1, 0.15) is 13.2 Å². The van der Waals surface area contributed by atoms with Gasteiger partial charge in [0.2, 0.25) is 0 Å². The number of carbonyl (C=O) groups excluding carboxylic acids is 3. The summed E-state index contributed by atoms with van der Waals surface area (Å²) in [5, 5.41) is 0. The predicted molar refractivity (Wildman–Crippen MR) is 312 cm³/mol. The Labute approximate surface area is 450 Å². The molecule has 0 aromatic carbocycles. The van der Waals surface area contributed by atoms with Gasteiger partial charge in [-0.3, -0.25) is 14.4 Å². The fourth-order valence-electron chi connectivity index (χ4n) is 10.3. The standard InChI is InChI=1S/C66H128O6/c1-5-8-10-12-14-16-18-20-21-22-23-27-30-34-38-42-46-50-54-58-65(68)71-61-63(60-70-64(67)57-53-49-45-41-37-32-19-17-15-13-11-9-6-2)72-66(69)59-55-51-47-43-39-35-31-28-25-24-26-29-33-36-40-44-48-52-56-62(4)7-3/h62-63H,5-61H2,1-4H3/t62?,63-/m0/s1. The molecule has 72 heavy (non-hydrogen) atoms. The van der Waals surface area contributed by atoms with E-state index in [-0.39, 0.29) is 31.1 Å². The third-order valence-electron chi connectivity index (χ3n) is 15.7. The molecule has 6 nitrogen and oxygen atoms in total. The molecular weight excluding hydrogens is 889 g/mol. The molecule has 0 aliphatic rings. The summed E-state index contributed by atoms with van der Waals surface area (Å²) in [6.45, 7) is 9.13. The average molecular weight is 1020 g/mol. The van der Waals surface area contributed by atoms with E-state index in [1.54, 1.807) is 0 Å². The van der Waals surface area contributed by atoms with Crippen LogP contribution in [0.3, 0.4) is 0 Å². The summed E-state index contributed by atoms with van der Waals surface area (Å²) in [6.07, 6.45) is 68.2. The van der Waals surface area contributed by atoms with Gasteiger partial charge in [0.15, 0.2) is 6.10 Å². The summed E-state index contributed by atoms with van der Waals surface area (Å²) in [4.78, 5) is 38.3. The molecule has 0 saturated heterocycles. The topological polar surface area (TPSA) is 78.9 Å². The van der Waals surface area contributed by atoms with Crippen molar-refractivity contribution >= 4 is 17.9 Å². The van der Waals surface area contributed by atoms with Crippen molar-refractivity contribution in [3.63, 3.8) is 0 Å². The van der Waals surface area contributed by atoms with Crippen molar-refractivity contribution < 1.29 is 28.6 Å². The van der Waals surface area contributed by atoms with Crippen molar-refractivity contribution in [2.75, 3.05) is 13.2 Å². The van der Waals surface area contributed by atoms with E-state index in [0.717, 1.165) is 63.7 Å². The molecule has 0 fully saturated rings. The summed E-state index contributed by atoms with van der Waals surface area (Å²) >= 11 is 0. The van der Waals surface area contributed by atoms with E-state index in [1.165, 1.54) is 276 Å². The summed E-state index contributed by atoms with van der Waals surface area (Å²) in [7, 11) is 0. The fraction of sp³-hybridized carbons (Fsp3) is 0.955. The second-order valence-corrected chi connectivity index (χ2v) is 23.0. The maximum Gasteiger partial charge on any atom is 0.306 e. The summed E-state index contributed by atoms with van der Waals surface area (Å²) < 4.78 is 17.0. The lowest BCUT2D eigenvalue weighted by Gasteiger charge is -2.18. The van der Waals surface area contributed by atoms with Crippen molar-refractivity contribution in [2.45, 2.75) is 387 Å². The monoisotopic (exact) mass is 1020 g/mol. The molecule has 0 rings (SSSR count). The highest BCUT2D eigenvalue weighted by atomic mass is 16.6. The Morgan fingerprint density at radius 2 is 0.486 bits per heavy atom. The van der Waals surface area contributed by atoms with Crippen LogP contribution in [0.5, 0.6) is 0 Å². The van der Waals surface area contributed by atoms with E-state index in [1.807, 2.05) is 0 Å². The molecule has 0 N–H and O–H groups in total. The van der Waals surface area contributed by atoms with Crippen molar-refractivity contribution in [1.29, 1.82) is 0 Å². The highest BCUT2D eigenvalue weighted by molar-refractivity contribution is 5.71. The average Bonchev–Trinajstić information content (AvgIpc) is 3.38. The Bertz CT molecular complexity index is 1090. The molecule has 0 amide bonds. The van der Waals surface area contributed by atoms with E-state index in [0.29, 0.717) is 19.3 Å². The van der Waals surface area contributed by atoms with Crippen LogP contribution in [0, 0.1) is 5.92 Å². The van der Waals surface area contributed by atoms with Crippen molar-refractivity contribution in [3.8, 4) is 0 Å². The van der Waals surface area contributed by atoms with Crippen LogP contribution in [0.25, 0.3) is 0 Å². The second-order valence-electron chi connectivity index (χ2n) is 23.0. The van der Waals surface area contributed by atoms with Gasteiger partial charge in [-0.25, -0.2) is 0 Å². The van der Waals surface area contributed by atoms with Gasteiger partial charge < -0.3 is 14.2 Å². The molecule has 6 heteroatoms. The minimum atomic E-state index is -0.763. The molecule has 1 unspecified atom stereocenters. The molecule has 0 aliphatic carbocycles. The van der Waals surface area contributed by atoms with Gasteiger partial charge in [0.25, 0.3) is 0 Å². The number of rotatable bonds is 61. The number of hydrogen-bond acceptors (Lipinski definition) is 6. The van der Waals surface area contributed by atoms with E-state index >= 15 is 0 Å². The highest BCUT2D eigenvalue weighted by Crippen LogP contribution is 2.19. The molecule has 0 spiro atoms. The molecule has 0 aliphatic heterocycles. The zero-order valence-electron chi connectivity index (χ0n) is 49.4. The first-order valence-corrected chi connectivity index (χ1v) is 32.9. The lowest BCUT2D eigenvalue weighted by Crippen LogP contribution is -2.30. The molecule has 0 bridgehead atoms. The van der Waals surface area contributed by atoms with E-state index < -0.39 is 6.10 Å². The number of esters is 3. The summed E-state index contributed by atoms with van der Waals surface area (Å²) in [5.74, 6) is 0.0831. The van der Waals surface area contributed by atoms with Gasteiger partial charge in [-0.15, -0.1) is 0 Å². The third kappa shape index (κ3) is 57.7. The molecule has 0 aromatic rings. The number of carbonyl (C=O) groups is 3. The number of unbranched alkanes of at least 4 members (excludes halogenated alkanes) is 47. The van der Waals surface area contributed by atoms with E-state index in [9.17, 15) is 14.4 Å². The Balaban J connectivity index is 4.24. The molecule has 0 radical (unpaired) electrons. The van der Waals surface area contributed by atoms with Crippen LogP contribution >= 0.6 is 0 Å². The molecule has 428 valence electrons. The van der Waals surface area contributed by atoms with Crippen LogP contribution < -0.4 is 0 Å². The van der Waals surface area contributed by atoms with Crippen molar-refractivity contribution in [2.24, 2.45) is 5.92 Å². The summed E-state index contributed by atoms with van der Waals surface area (Å²) in [6, 6.07) is 0. The van der Waals surface area contributed by atoms with Gasteiger partial charge >= 0.3 is 17.9 Å². The largest absolute Gasteiger partial charge is 0.462 e. The Kier molecular flexibility index (Phi) is 58.9. The van der Waals surface area contributed by atoms with Crippen LogP contribution in [-0.4, -0.2) is 37.2 Å². The zero-order valence-corrected chi connectivity index (χ0v) is 49.4. The maximum atomic E-state index is 12.9. The van der Waals surface area contributed by atoms with Gasteiger partial charge in [-0.05, 0) is 25.2 Å². The lowest BCUT2D eigenvalue weighted by atomic mass is 9.99. The van der Waals surface area contributed by atoms with Gasteiger partial charge in [0.05, 0.1) is 0 Å². The van der Waals surface area contributed by atoms with Crippen LogP contribution in [-0.2, 0) is 28.6 Å². The lowest BCUT2D eigenvalue weighted by molar-refractivity contribution is -0.167. The van der Waals surface area contributed by atoms with Crippen LogP contribution in [0.4, 0.5) is 0 Å². The molecular formula is C66H128O6. The van der Waals surface area contributed by atoms with Crippen molar-refractivity contribution in [3.05, 3.63) is 0 Å². The van der Waals surface area contributed by atoms with E-state index in [2.05, 4.69) is 27.7 Å². The normalized spacial score (nSPS) is 12.3. The quantitative estimate of drug-likeness (QED) is 0.0343. The molecule has 0 saturated carbocycles. The third-order valence-corrected chi connectivity index (χ3v) is 15.7. The predicted octanol–water partition coefficient (Wildman–Crippen LogP) is 22.1. The smallest absolute Gasteiger partial charge is 0.306 e. The van der Waals surface area contributed by atoms with Crippen LogP contribution in [0.2, 0.25) is 0 Å². The first-order chi connectivity index (χ1) is 35.4. The first kappa shape index (κ1) is 70.4. The first-order valence-electron chi connectivity index (χ1n) is 32.9. The minimum absolute atomic E-state index is 0.0610. The molecule has 0 heterocycles. The fourth-order valence-corrected chi connectivity index (χ4v) is 10.3. The Morgan fingerprint density at radius 3 is 0.722 bits per heavy atom. The SMILES string of the molecule is CCCCCCCCCCCCCCCCCCCCCC(=O)OC[C@H](COC(=O)CCCCCCCCCCCCCCC)OC(=O)CCCCCCCCCCCCCCCCCCCCC(C)CC. The number of ether oxygens (including phenoxy) is 3. The summed E-state index contributed by atoms with van der Waals surface area (Å²) in [5.41, 5.74) is 0. The Morgan fingerprint density at radius 1 is 0.278 bits per heavy atom. The maximum absolute atomic E-state index is 12.9. The van der Waals surface area contributed by atoms with Gasteiger partial charge in [0, 0.05) is 19.3 Å². The van der Waals surface area contributed by atoms with Crippen LogP contribution in [0.1, 0.15) is 381 Å². The molecule has 2 atom stereocenters. The minimum Gasteiger partial charge on any atom is -0.462 e. The zero-order chi connectivity index (χ0) is 52.3. The Hall–Kier alpha value is -1.59.